The van der Waals surface area contributed by atoms with Crippen molar-refractivity contribution in [2.75, 3.05) is 6.79 Å². The standard InChI is InChI=1S/C16H21NO18/c18-4-32-35-34-6-2-1-5(8-9(19)17-10(20)11(8,21)22)3-7(6)33-16(31)14(27,28)12(23,24)13(25,26)15(16,29)30/h1-3,8-9,18-19,21-31H,4H2,(H,17,20). The summed E-state index contributed by atoms with van der Waals surface area (Å²) >= 11 is 0. The molecular weight excluding hydrogens is 494 g/mol. The number of aliphatic hydroxyl groups excluding tert-OH is 2. The second-order valence-corrected chi connectivity index (χ2v) is 7.66. The van der Waals surface area contributed by atoms with E-state index in [0.717, 1.165) is 12.1 Å². The normalized spacial score (nSPS) is 29.0. The van der Waals surface area contributed by atoms with Crippen LogP contribution < -0.4 is 14.9 Å². The Kier molecular flexibility index (Phi) is 6.32. The predicted molar refractivity (Wildman–Crippen MR) is 94.6 cm³/mol. The number of carbonyl (C=O) groups is 1. The summed E-state index contributed by atoms with van der Waals surface area (Å²) in [5.74, 6) is -32.0. The summed E-state index contributed by atoms with van der Waals surface area (Å²) in [6.45, 7) is -1.08. The molecule has 0 radical (unpaired) electrons. The number of carbonyl (C=O) groups excluding carboxylic acids is 1. The molecule has 2 fully saturated rings. The van der Waals surface area contributed by atoms with Crippen molar-refractivity contribution in [3.8, 4) is 11.5 Å². The number of benzene rings is 1. The first kappa shape index (κ1) is 27.3. The Morgan fingerprint density at radius 2 is 1.37 bits per heavy atom. The molecule has 1 saturated carbocycles. The maximum Gasteiger partial charge on any atom is 0.329 e. The number of nitrogens with one attached hydrogen (secondary N) is 1. The van der Waals surface area contributed by atoms with E-state index in [-0.39, 0.29) is 0 Å². The van der Waals surface area contributed by atoms with Gasteiger partial charge in [-0.3, -0.25) is 4.79 Å². The van der Waals surface area contributed by atoms with Gasteiger partial charge in [0.05, 0.1) is 5.92 Å². The molecule has 19 heteroatoms. The number of amides is 1. The molecule has 2 atom stereocenters. The van der Waals surface area contributed by atoms with E-state index in [1.165, 1.54) is 0 Å². The van der Waals surface area contributed by atoms with Crippen LogP contribution in [-0.2, 0) is 14.7 Å². The molecule has 0 aromatic heterocycles. The van der Waals surface area contributed by atoms with Crippen LogP contribution in [0.1, 0.15) is 11.5 Å². The topological polar surface area (TPSA) is 329 Å². The molecule has 1 heterocycles. The van der Waals surface area contributed by atoms with Gasteiger partial charge < -0.3 is 81.3 Å². The van der Waals surface area contributed by atoms with Crippen LogP contribution >= 0.6 is 0 Å². The number of hydrogen-bond acceptors (Lipinski definition) is 18. The van der Waals surface area contributed by atoms with Crippen molar-refractivity contribution in [2.24, 2.45) is 0 Å². The fourth-order valence-corrected chi connectivity index (χ4v) is 3.55. The average Bonchev–Trinajstić information content (AvgIpc) is 2.96. The Morgan fingerprint density at radius 3 is 1.83 bits per heavy atom. The molecule has 3 rings (SSSR count). The van der Waals surface area contributed by atoms with Crippen molar-refractivity contribution in [3.05, 3.63) is 23.8 Å². The second-order valence-electron chi connectivity index (χ2n) is 7.66. The zero-order chi connectivity index (χ0) is 26.8. The van der Waals surface area contributed by atoms with E-state index in [4.69, 9.17) is 9.84 Å². The average molecular weight is 515 g/mol. The lowest BCUT2D eigenvalue weighted by Gasteiger charge is -2.39. The van der Waals surface area contributed by atoms with Crippen molar-refractivity contribution >= 4 is 5.91 Å². The third-order valence-corrected chi connectivity index (χ3v) is 5.58. The van der Waals surface area contributed by atoms with Crippen LogP contribution in [0.3, 0.4) is 0 Å². The van der Waals surface area contributed by atoms with Gasteiger partial charge in [0.25, 0.3) is 34.8 Å². The molecule has 1 aromatic rings. The lowest BCUT2D eigenvalue weighted by Crippen LogP contribution is -2.70. The van der Waals surface area contributed by atoms with E-state index in [9.17, 15) is 66.1 Å². The Bertz CT molecular complexity index is 963. The highest BCUT2D eigenvalue weighted by molar-refractivity contribution is 5.87. The Hall–Kier alpha value is -2.31. The van der Waals surface area contributed by atoms with Gasteiger partial charge in [-0.1, -0.05) is 6.07 Å². The van der Waals surface area contributed by atoms with Gasteiger partial charge in [0.2, 0.25) is 5.75 Å². The van der Waals surface area contributed by atoms with Crippen LogP contribution in [0.2, 0.25) is 0 Å². The molecule has 1 aliphatic heterocycles. The zero-order valence-electron chi connectivity index (χ0n) is 16.9. The molecule has 19 nitrogen and oxygen atoms in total. The van der Waals surface area contributed by atoms with E-state index < -0.39 is 76.6 Å². The predicted octanol–water partition coefficient (Wildman–Crippen LogP) is -8.10. The van der Waals surface area contributed by atoms with Crippen LogP contribution in [0.5, 0.6) is 11.5 Å². The van der Waals surface area contributed by atoms with Crippen LogP contribution in [0, 0.1) is 0 Å². The van der Waals surface area contributed by atoms with Crippen LogP contribution in [-0.4, -0.2) is 120 Å². The summed E-state index contributed by atoms with van der Waals surface area (Å²) < 4.78 is 4.70. The van der Waals surface area contributed by atoms with Crippen LogP contribution in [0.25, 0.3) is 0 Å². The Balaban J connectivity index is 2.15. The van der Waals surface area contributed by atoms with E-state index in [0.29, 0.717) is 6.07 Å². The number of aliphatic hydroxyl groups is 13. The lowest BCUT2D eigenvalue weighted by molar-refractivity contribution is -0.483. The largest absolute Gasteiger partial charge is 0.448 e. The number of hydrogen-bond donors (Lipinski definition) is 14. The fourth-order valence-electron chi connectivity index (χ4n) is 3.55. The van der Waals surface area contributed by atoms with E-state index in [1.54, 1.807) is 5.32 Å². The third-order valence-electron chi connectivity index (χ3n) is 5.58. The first-order valence-corrected chi connectivity index (χ1v) is 9.16. The van der Waals surface area contributed by atoms with Gasteiger partial charge in [0.1, 0.15) is 6.23 Å². The summed E-state index contributed by atoms with van der Waals surface area (Å²) in [6.07, 6.45) is -1.95. The summed E-state index contributed by atoms with van der Waals surface area (Å²) in [6, 6.07) is 2.21. The molecule has 1 aromatic carbocycles. The summed E-state index contributed by atoms with van der Waals surface area (Å²) in [7, 11) is 0. The van der Waals surface area contributed by atoms with Crippen molar-refractivity contribution in [2.45, 2.75) is 46.9 Å². The summed E-state index contributed by atoms with van der Waals surface area (Å²) in [4.78, 5) is 20.2. The molecule has 0 bridgehead atoms. The SMILES string of the molecule is O=C1NC(O)C(c2ccc(OOOCO)c(OC3(O)C(O)(O)C(O)(O)C(O)(O)C3(O)O)c2)C1(O)O. The minimum Gasteiger partial charge on any atom is -0.448 e. The van der Waals surface area contributed by atoms with Crippen LogP contribution in [0.4, 0.5) is 0 Å². The fraction of sp³-hybridized carbons (Fsp3) is 0.562. The maximum absolute atomic E-state index is 11.7. The van der Waals surface area contributed by atoms with Gasteiger partial charge in [0.15, 0.2) is 12.5 Å². The molecule has 0 spiro atoms. The molecule has 1 aliphatic carbocycles. The van der Waals surface area contributed by atoms with Gasteiger partial charge in [-0.15, -0.1) is 0 Å². The summed E-state index contributed by atoms with van der Waals surface area (Å²) in [5.41, 5.74) is -0.464. The first-order chi connectivity index (χ1) is 15.8. The molecule has 2 unspecified atom stereocenters. The quantitative estimate of drug-likeness (QED) is 0.0693. The van der Waals surface area contributed by atoms with E-state index in [1.807, 2.05) is 0 Å². The number of ether oxygens (including phenoxy) is 1. The van der Waals surface area contributed by atoms with Gasteiger partial charge >= 0.3 is 5.79 Å². The van der Waals surface area contributed by atoms with Crippen molar-refractivity contribution in [1.29, 1.82) is 0 Å². The molecule has 14 N–H and O–H groups in total. The van der Waals surface area contributed by atoms with Crippen molar-refractivity contribution in [1.82, 2.24) is 5.32 Å². The molecule has 1 saturated heterocycles. The van der Waals surface area contributed by atoms with Gasteiger partial charge in [-0.2, -0.15) is 4.89 Å². The van der Waals surface area contributed by atoms with Gasteiger partial charge in [0, 0.05) is 0 Å². The molecule has 1 amide bonds. The molecule has 198 valence electrons. The minimum atomic E-state index is -4.72. The van der Waals surface area contributed by atoms with E-state index in [2.05, 4.69) is 14.8 Å². The third kappa shape index (κ3) is 3.47. The van der Waals surface area contributed by atoms with Gasteiger partial charge in [-0.05, 0) is 22.7 Å². The zero-order valence-corrected chi connectivity index (χ0v) is 16.9. The highest BCUT2D eigenvalue weighted by Crippen LogP contribution is 2.55. The number of rotatable bonds is 7. The minimum absolute atomic E-state index is 0.464. The molecule has 2 aliphatic rings. The lowest BCUT2D eigenvalue weighted by atomic mass is 9.91. The molecule has 35 heavy (non-hydrogen) atoms. The Labute approximate surface area is 191 Å². The first-order valence-electron chi connectivity index (χ1n) is 9.16. The maximum atomic E-state index is 11.7. The van der Waals surface area contributed by atoms with Gasteiger partial charge in [-0.25, -0.2) is 0 Å². The monoisotopic (exact) mass is 515 g/mol. The van der Waals surface area contributed by atoms with Crippen molar-refractivity contribution < 1.29 is 90.7 Å². The molecular formula is C16H21NO18. The highest BCUT2D eigenvalue weighted by Gasteiger charge is 2.93. The Morgan fingerprint density at radius 1 is 0.829 bits per heavy atom. The smallest absolute Gasteiger partial charge is 0.329 e. The van der Waals surface area contributed by atoms with Crippen LogP contribution in [0.15, 0.2) is 18.2 Å². The second kappa shape index (κ2) is 8.10. The summed E-state index contributed by atoms with van der Waals surface area (Å²) in [5, 5.41) is 134. The van der Waals surface area contributed by atoms with Crippen molar-refractivity contribution in [3.63, 3.8) is 0 Å². The highest BCUT2D eigenvalue weighted by atomic mass is 17.5. The van der Waals surface area contributed by atoms with E-state index >= 15 is 0 Å².